The Balaban J connectivity index is 1.36. The smallest absolute Gasteiger partial charge is 0.274 e. The van der Waals surface area contributed by atoms with Gasteiger partial charge in [-0.05, 0) is 38.3 Å². The van der Waals surface area contributed by atoms with E-state index in [0.717, 1.165) is 29.5 Å². The number of methoxy groups -OCH3 is 1. The zero-order chi connectivity index (χ0) is 26.2. The van der Waals surface area contributed by atoms with Crippen LogP contribution in [-0.4, -0.2) is 50.9 Å². The van der Waals surface area contributed by atoms with E-state index in [1.165, 1.54) is 6.33 Å². The van der Waals surface area contributed by atoms with E-state index in [9.17, 15) is 14.4 Å². The van der Waals surface area contributed by atoms with Crippen LogP contribution in [0.1, 0.15) is 57.4 Å². The van der Waals surface area contributed by atoms with E-state index in [2.05, 4.69) is 15.6 Å². The molecule has 2 heterocycles. The number of hydrogen-bond donors (Lipinski definition) is 2. The molecular weight excluding hydrogens is 470 g/mol. The van der Waals surface area contributed by atoms with Gasteiger partial charge in [0.1, 0.15) is 17.0 Å². The highest BCUT2D eigenvalue weighted by molar-refractivity contribution is 6.07. The number of ether oxygens (including phenoxy) is 1. The summed E-state index contributed by atoms with van der Waals surface area (Å²) in [6.07, 6.45) is 3.13. The fourth-order valence-corrected chi connectivity index (χ4v) is 4.91. The summed E-state index contributed by atoms with van der Waals surface area (Å²) in [7, 11) is 1.57. The summed E-state index contributed by atoms with van der Waals surface area (Å²) in [5, 5.41) is 5.86. The number of rotatable bonds is 8. The van der Waals surface area contributed by atoms with Crippen molar-refractivity contribution in [3.05, 3.63) is 82.9 Å². The van der Waals surface area contributed by atoms with Gasteiger partial charge in [-0.2, -0.15) is 0 Å². The Morgan fingerprint density at radius 1 is 1.08 bits per heavy atom. The number of nitrogens with zero attached hydrogens (tertiary/aromatic N) is 3. The van der Waals surface area contributed by atoms with Crippen LogP contribution in [-0.2, 0) is 24.4 Å². The third-order valence-electron chi connectivity index (χ3n) is 7.09. The number of fused-ring (bicyclic) bond motifs is 1. The summed E-state index contributed by atoms with van der Waals surface area (Å²) in [5.74, 6) is -0.356. The molecule has 9 heteroatoms. The van der Waals surface area contributed by atoms with Gasteiger partial charge in [0, 0.05) is 24.7 Å². The van der Waals surface area contributed by atoms with Gasteiger partial charge >= 0.3 is 0 Å². The van der Waals surface area contributed by atoms with Crippen LogP contribution in [0.15, 0.2) is 54.9 Å². The van der Waals surface area contributed by atoms with Gasteiger partial charge in [0.2, 0.25) is 5.91 Å². The van der Waals surface area contributed by atoms with Crippen molar-refractivity contribution in [2.24, 2.45) is 0 Å². The summed E-state index contributed by atoms with van der Waals surface area (Å²) >= 11 is 0. The number of nitrogens with one attached hydrogen (secondary N) is 2. The molecule has 0 bridgehead atoms. The maximum atomic E-state index is 13.8. The quantitative estimate of drug-likeness (QED) is 0.494. The third kappa shape index (κ3) is 4.69. The number of para-hydroxylation sites is 1. The van der Waals surface area contributed by atoms with Crippen molar-refractivity contribution in [2.75, 3.05) is 7.11 Å². The standard InChI is InChI=1S/C28H31N5O4/c1-18-8-10-19(11-9-18)14-30-27(36)28(2)16-32-17-31-23(24(32)26(35)33(28)21-12-13-21)25(34)29-15-20-6-4-5-7-22(20)37-3/h4-11,17,21H,12-16H2,1-3H3,(H,29,34)(H,30,36)/t28-/m1/s1. The van der Waals surface area contributed by atoms with Crippen LogP contribution in [0.4, 0.5) is 0 Å². The Hall–Kier alpha value is -4.14. The summed E-state index contributed by atoms with van der Waals surface area (Å²) in [5.41, 5.74) is 2.13. The summed E-state index contributed by atoms with van der Waals surface area (Å²) in [6.45, 7) is 4.62. The van der Waals surface area contributed by atoms with Crippen LogP contribution >= 0.6 is 0 Å². The van der Waals surface area contributed by atoms with E-state index in [1.54, 1.807) is 23.5 Å². The van der Waals surface area contributed by atoms with E-state index >= 15 is 0 Å². The average Bonchev–Trinajstić information content (AvgIpc) is 3.64. The molecule has 1 saturated carbocycles. The van der Waals surface area contributed by atoms with E-state index in [0.29, 0.717) is 12.3 Å². The Labute approximate surface area is 215 Å². The van der Waals surface area contributed by atoms with Crippen molar-refractivity contribution in [3.8, 4) is 5.75 Å². The van der Waals surface area contributed by atoms with Crippen molar-refractivity contribution in [3.63, 3.8) is 0 Å². The first kappa shape index (κ1) is 24.5. The second-order valence-electron chi connectivity index (χ2n) is 9.91. The highest BCUT2D eigenvalue weighted by Gasteiger charge is 2.53. The minimum atomic E-state index is -1.10. The van der Waals surface area contributed by atoms with E-state index < -0.39 is 11.4 Å². The predicted octanol–water partition coefficient (Wildman–Crippen LogP) is 2.82. The predicted molar refractivity (Wildman–Crippen MR) is 137 cm³/mol. The molecule has 5 rings (SSSR count). The van der Waals surface area contributed by atoms with Crippen molar-refractivity contribution < 1.29 is 19.1 Å². The normalized spacial score (nSPS) is 18.8. The van der Waals surface area contributed by atoms with Crippen LogP contribution in [0.5, 0.6) is 5.75 Å². The number of hydrogen-bond acceptors (Lipinski definition) is 5. The van der Waals surface area contributed by atoms with Crippen LogP contribution in [0.25, 0.3) is 0 Å². The number of carbonyl (C=O) groups excluding carboxylic acids is 3. The second kappa shape index (κ2) is 9.72. The van der Waals surface area contributed by atoms with Gasteiger partial charge in [-0.1, -0.05) is 48.0 Å². The van der Waals surface area contributed by atoms with Gasteiger partial charge < -0.3 is 24.8 Å². The lowest BCUT2D eigenvalue weighted by Crippen LogP contribution is -2.64. The number of amides is 3. The number of benzene rings is 2. The second-order valence-corrected chi connectivity index (χ2v) is 9.91. The zero-order valence-corrected chi connectivity index (χ0v) is 21.3. The van der Waals surface area contributed by atoms with Crippen LogP contribution in [0.3, 0.4) is 0 Å². The molecule has 1 fully saturated rings. The first-order valence-electron chi connectivity index (χ1n) is 12.4. The molecule has 2 N–H and O–H groups in total. The van der Waals surface area contributed by atoms with Crippen molar-refractivity contribution in [2.45, 2.75) is 57.9 Å². The van der Waals surface area contributed by atoms with Gasteiger partial charge in [0.05, 0.1) is 20.0 Å². The lowest BCUT2D eigenvalue weighted by molar-refractivity contribution is -0.133. The van der Waals surface area contributed by atoms with E-state index in [-0.39, 0.29) is 42.3 Å². The molecule has 1 aliphatic carbocycles. The molecule has 1 atom stereocenters. The van der Waals surface area contributed by atoms with E-state index in [1.807, 2.05) is 55.5 Å². The fraction of sp³-hybridized carbons (Fsp3) is 0.357. The molecule has 0 radical (unpaired) electrons. The van der Waals surface area contributed by atoms with Gasteiger partial charge in [0.25, 0.3) is 11.8 Å². The summed E-state index contributed by atoms with van der Waals surface area (Å²) in [6, 6.07) is 15.3. The molecule has 3 aromatic rings. The molecule has 0 unspecified atom stereocenters. The van der Waals surface area contributed by atoms with E-state index in [4.69, 9.17) is 4.74 Å². The molecule has 0 spiro atoms. The molecular formula is C28H31N5O4. The van der Waals surface area contributed by atoms with Crippen LogP contribution in [0, 0.1) is 6.92 Å². The van der Waals surface area contributed by atoms with Crippen molar-refractivity contribution in [1.29, 1.82) is 0 Å². The van der Waals surface area contributed by atoms with Crippen LogP contribution in [0.2, 0.25) is 0 Å². The van der Waals surface area contributed by atoms with Gasteiger partial charge in [-0.3, -0.25) is 14.4 Å². The molecule has 0 saturated heterocycles. The van der Waals surface area contributed by atoms with Gasteiger partial charge in [-0.15, -0.1) is 0 Å². The lowest BCUT2D eigenvalue weighted by atomic mass is 9.93. The summed E-state index contributed by atoms with van der Waals surface area (Å²) in [4.78, 5) is 46.3. The molecule has 9 nitrogen and oxygen atoms in total. The minimum absolute atomic E-state index is 0.0317. The van der Waals surface area contributed by atoms with Crippen molar-refractivity contribution >= 4 is 17.7 Å². The molecule has 37 heavy (non-hydrogen) atoms. The average molecular weight is 502 g/mol. The van der Waals surface area contributed by atoms with Gasteiger partial charge in [-0.25, -0.2) is 4.98 Å². The number of aromatic nitrogens is 2. The lowest BCUT2D eigenvalue weighted by Gasteiger charge is -2.44. The zero-order valence-electron chi connectivity index (χ0n) is 21.3. The molecule has 1 aromatic heterocycles. The Morgan fingerprint density at radius 3 is 2.51 bits per heavy atom. The molecule has 2 aromatic carbocycles. The third-order valence-corrected chi connectivity index (χ3v) is 7.09. The van der Waals surface area contributed by atoms with Gasteiger partial charge in [0.15, 0.2) is 5.69 Å². The molecule has 3 amide bonds. The highest BCUT2D eigenvalue weighted by atomic mass is 16.5. The number of carbonyl (C=O) groups is 3. The SMILES string of the molecule is COc1ccccc1CNC(=O)c1ncn2c1C(=O)N(C1CC1)[C@@](C)(C(=O)NCc1ccc(C)cc1)C2. The largest absolute Gasteiger partial charge is 0.496 e. The Bertz CT molecular complexity index is 1340. The summed E-state index contributed by atoms with van der Waals surface area (Å²) < 4.78 is 6.98. The monoisotopic (exact) mass is 501 g/mol. The maximum Gasteiger partial charge on any atom is 0.274 e. The first-order valence-corrected chi connectivity index (χ1v) is 12.4. The van der Waals surface area contributed by atoms with Crippen LogP contribution < -0.4 is 15.4 Å². The molecule has 2 aliphatic rings. The fourth-order valence-electron chi connectivity index (χ4n) is 4.91. The topological polar surface area (TPSA) is 106 Å². The molecule has 192 valence electrons. The highest BCUT2D eigenvalue weighted by Crippen LogP contribution is 2.39. The molecule has 1 aliphatic heterocycles. The number of aryl methyl sites for hydroxylation is 1. The number of imidazole rings is 1. The Kier molecular flexibility index (Phi) is 6.45. The first-order chi connectivity index (χ1) is 17.8. The maximum absolute atomic E-state index is 13.8. The minimum Gasteiger partial charge on any atom is -0.496 e. The van der Waals surface area contributed by atoms with Crippen molar-refractivity contribution in [1.82, 2.24) is 25.1 Å². The Morgan fingerprint density at radius 2 is 1.81 bits per heavy atom.